The van der Waals surface area contributed by atoms with E-state index in [1.54, 1.807) is 0 Å². The van der Waals surface area contributed by atoms with Gasteiger partial charge in [-0.05, 0) is 48.6 Å². The van der Waals surface area contributed by atoms with Gasteiger partial charge in [-0.2, -0.15) is 0 Å². The number of unbranched alkanes of at least 4 members (excludes halogenated alkanes) is 2. The van der Waals surface area contributed by atoms with E-state index in [1.165, 1.54) is 30.4 Å². The van der Waals surface area contributed by atoms with Gasteiger partial charge in [-0.15, -0.1) is 6.42 Å². The average Bonchev–Trinajstić information content (AvgIpc) is 3.13. The lowest BCUT2D eigenvalue weighted by molar-refractivity contribution is 0.717. The van der Waals surface area contributed by atoms with E-state index in [1.807, 2.05) is 13.1 Å². The van der Waals surface area contributed by atoms with Crippen LogP contribution in [0.5, 0.6) is 0 Å². The molecule has 1 nitrogen and oxygen atoms in total. The molecule has 3 aromatic rings. The van der Waals surface area contributed by atoms with Gasteiger partial charge < -0.3 is 4.57 Å². The molecule has 2 aromatic carbocycles. The number of allylic oxidation sites excluding steroid dienone is 1. The molecular weight excluding hydrogens is 326 g/mol. The summed E-state index contributed by atoms with van der Waals surface area (Å²) in [5, 5.41) is 0. The van der Waals surface area contributed by atoms with Crippen LogP contribution in [0.25, 0.3) is 22.4 Å². The van der Waals surface area contributed by atoms with Crippen molar-refractivity contribution in [2.45, 2.75) is 39.5 Å². The molecule has 0 bridgehead atoms. The standard InChI is InChI=1S/C26H27N/c1-5-7-8-10-21-11-9-12-24(17-21)26-19-27(18-22(26)6-2)25-15-13-23(14-16-25)20(3)4/h2,9,11-19H,3,5,7-8,10H2,1,4H3. The molecule has 27 heavy (non-hydrogen) atoms. The number of aromatic nitrogens is 1. The highest BCUT2D eigenvalue weighted by atomic mass is 14.9. The monoisotopic (exact) mass is 353 g/mol. The molecule has 0 aliphatic heterocycles. The maximum atomic E-state index is 5.80. The van der Waals surface area contributed by atoms with Crippen molar-refractivity contribution in [1.82, 2.24) is 4.57 Å². The zero-order valence-corrected chi connectivity index (χ0v) is 16.3. The summed E-state index contributed by atoms with van der Waals surface area (Å²) in [5.74, 6) is 2.85. The maximum Gasteiger partial charge on any atom is 0.0501 e. The minimum absolute atomic E-state index is 0.921. The van der Waals surface area contributed by atoms with Gasteiger partial charge in [0.2, 0.25) is 0 Å². The van der Waals surface area contributed by atoms with E-state index in [0.29, 0.717) is 0 Å². The number of rotatable bonds is 7. The molecule has 1 aromatic heterocycles. The van der Waals surface area contributed by atoms with Crippen molar-refractivity contribution in [2.24, 2.45) is 0 Å². The molecule has 0 saturated heterocycles. The van der Waals surface area contributed by atoms with Crippen LogP contribution in [0, 0.1) is 12.3 Å². The van der Waals surface area contributed by atoms with Gasteiger partial charge in [-0.3, -0.25) is 0 Å². The van der Waals surface area contributed by atoms with Crippen molar-refractivity contribution in [1.29, 1.82) is 0 Å². The van der Waals surface area contributed by atoms with Crippen LogP contribution < -0.4 is 0 Å². The minimum Gasteiger partial charge on any atom is -0.322 e. The highest BCUT2D eigenvalue weighted by Crippen LogP contribution is 2.28. The van der Waals surface area contributed by atoms with Crippen LogP contribution >= 0.6 is 0 Å². The van der Waals surface area contributed by atoms with E-state index < -0.39 is 0 Å². The molecule has 1 heterocycles. The van der Waals surface area contributed by atoms with Crippen LogP contribution in [0.4, 0.5) is 0 Å². The molecule has 136 valence electrons. The van der Waals surface area contributed by atoms with E-state index in [-0.39, 0.29) is 0 Å². The summed E-state index contributed by atoms with van der Waals surface area (Å²) in [5.41, 5.74) is 7.92. The van der Waals surface area contributed by atoms with Gasteiger partial charge in [0.15, 0.2) is 0 Å². The smallest absolute Gasteiger partial charge is 0.0501 e. The Balaban J connectivity index is 1.92. The van der Waals surface area contributed by atoms with Gasteiger partial charge in [0, 0.05) is 23.6 Å². The molecule has 0 aliphatic carbocycles. The summed E-state index contributed by atoms with van der Waals surface area (Å²) in [7, 11) is 0. The largest absolute Gasteiger partial charge is 0.322 e. The van der Waals surface area contributed by atoms with Gasteiger partial charge in [-0.25, -0.2) is 0 Å². The molecule has 1 heteroatoms. The second-order valence-electron chi connectivity index (χ2n) is 7.12. The van der Waals surface area contributed by atoms with Crippen molar-refractivity contribution >= 4 is 5.57 Å². The predicted molar refractivity (Wildman–Crippen MR) is 117 cm³/mol. The zero-order valence-electron chi connectivity index (χ0n) is 16.3. The van der Waals surface area contributed by atoms with Crippen molar-refractivity contribution < 1.29 is 0 Å². The molecule has 0 unspecified atom stereocenters. The Morgan fingerprint density at radius 3 is 2.52 bits per heavy atom. The topological polar surface area (TPSA) is 4.93 Å². The first kappa shape index (κ1) is 18.8. The fourth-order valence-corrected chi connectivity index (χ4v) is 3.34. The minimum atomic E-state index is 0.921. The molecule has 0 saturated carbocycles. The quantitative estimate of drug-likeness (QED) is 0.322. The third kappa shape index (κ3) is 4.41. The molecule has 0 N–H and O–H groups in total. The van der Waals surface area contributed by atoms with Gasteiger partial charge in [0.05, 0.1) is 5.56 Å². The lowest BCUT2D eigenvalue weighted by Gasteiger charge is -2.06. The van der Waals surface area contributed by atoms with Crippen LogP contribution in [0.2, 0.25) is 0 Å². The van der Waals surface area contributed by atoms with E-state index in [0.717, 1.165) is 34.4 Å². The SMILES string of the molecule is C#Cc1cn(-c2ccc(C(=C)C)cc2)cc1-c1cccc(CCCCC)c1. The molecule has 0 aliphatic rings. The number of aryl methyl sites for hydroxylation is 1. The number of hydrogen-bond donors (Lipinski definition) is 0. The first-order valence-corrected chi connectivity index (χ1v) is 9.66. The van der Waals surface area contributed by atoms with E-state index >= 15 is 0 Å². The molecule has 0 radical (unpaired) electrons. The summed E-state index contributed by atoms with van der Waals surface area (Å²) in [6.07, 6.45) is 14.8. The predicted octanol–water partition coefficient (Wildman–Crippen LogP) is 6.89. The Labute approximate surface area is 163 Å². The van der Waals surface area contributed by atoms with Crippen LogP contribution in [-0.2, 0) is 6.42 Å². The summed E-state index contributed by atoms with van der Waals surface area (Å²) in [4.78, 5) is 0. The third-order valence-electron chi connectivity index (χ3n) is 4.95. The lowest BCUT2D eigenvalue weighted by Crippen LogP contribution is -1.90. The van der Waals surface area contributed by atoms with Crippen molar-refractivity contribution in [3.05, 3.63) is 84.2 Å². The average molecular weight is 354 g/mol. The van der Waals surface area contributed by atoms with E-state index in [4.69, 9.17) is 6.42 Å². The fraction of sp³-hybridized carbons (Fsp3) is 0.231. The Hall–Kier alpha value is -2.98. The van der Waals surface area contributed by atoms with Gasteiger partial charge >= 0.3 is 0 Å². The van der Waals surface area contributed by atoms with Gasteiger partial charge in [-0.1, -0.05) is 74.2 Å². The van der Waals surface area contributed by atoms with Crippen LogP contribution in [-0.4, -0.2) is 4.57 Å². The molecule has 0 fully saturated rings. The summed E-state index contributed by atoms with van der Waals surface area (Å²) in [6, 6.07) is 17.2. The summed E-state index contributed by atoms with van der Waals surface area (Å²) < 4.78 is 2.11. The second kappa shape index (κ2) is 8.60. The number of benzene rings is 2. The first-order valence-electron chi connectivity index (χ1n) is 9.66. The fourth-order valence-electron chi connectivity index (χ4n) is 3.34. The lowest BCUT2D eigenvalue weighted by atomic mass is 10.00. The first-order chi connectivity index (χ1) is 13.1. The summed E-state index contributed by atoms with van der Waals surface area (Å²) >= 11 is 0. The molecule has 0 spiro atoms. The second-order valence-corrected chi connectivity index (χ2v) is 7.12. The number of nitrogens with zero attached hydrogens (tertiary/aromatic N) is 1. The number of hydrogen-bond acceptors (Lipinski definition) is 0. The molecule has 0 amide bonds. The van der Waals surface area contributed by atoms with Crippen molar-refractivity contribution in [3.8, 4) is 29.2 Å². The molecular formula is C26H27N. The highest BCUT2D eigenvalue weighted by molar-refractivity contribution is 5.72. The zero-order chi connectivity index (χ0) is 19.2. The molecule has 3 rings (SSSR count). The third-order valence-corrected chi connectivity index (χ3v) is 4.95. The van der Waals surface area contributed by atoms with Crippen LogP contribution in [0.1, 0.15) is 49.8 Å². The Bertz CT molecular complexity index is 964. The normalized spacial score (nSPS) is 10.6. The molecule has 0 atom stereocenters. The number of terminal acetylenes is 1. The Morgan fingerprint density at radius 2 is 1.85 bits per heavy atom. The Morgan fingerprint density at radius 1 is 1.07 bits per heavy atom. The van der Waals surface area contributed by atoms with Crippen molar-refractivity contribution in [2.75, 3.05) is 0 Å². The maximum absolute atomic E-state index is 5.80. The highest BCUT2D eigenvalue weighted by Gasteiger charge is 2.09. The van der Waals surface area contributed by atoms with Crippen LogP contribution in [0.3, 0.4) is 0 Å². The van der Waals surface area contributed by atoms with Crippen LogP contribution in [0.15, 0.2) is 67.5 Å². The summed E-state index contributed by atoms with van der Waals surface area (Å²) in [6.45, 7) is 8.26. The Kier molecular flexibility index (Phi) is 5.99. The van der Waals surface area contributed by atoms with E-state index in [9.17, 15) is 0 Å². The van der Waals surface area contributed by atoms with E-state index in [2.05, 4.69) is 78.7 Å². The van der Waals surface area contributed by atoms with Gasteiger partial charge in [0.25, 0.3) is 0 Å². The van der Waals surface area contributed by atoms with Crippen molar-refractivity contribution in [3.63, 3.8) is 0 Å². The van der Waals surface area contributed by atoms with Gasteiger partial charge in [0.1, 0.15) is 0 Å².